The molecule has 0 saturated carbocycles. The highest BCUT2D eigenvalue weighted by atomic mass is 16.5. The lowest BCUT2D eigenvalue weighted by Crippen LogP contribution is -2.23. The second-order valence-corrected chi connectivity index (χ2v) is 5.89. The summed E-state index contributed by atoms with van der Waals surface area (Å²) >= 11 is 0. The fraction of sp³-hybridized carbons (Fsp3) is 0.100. The van der Waals surface area contributed by atoms with Crippen molar-refractivity contribution in [3.05, 3.63) is 78.5 Å². The number of imidazole rings is 1. The Morgan fingerprint density at radius 3 is 2.85 bits per heavy atom. The van der Waals surface area contributed by atoms with Crippen molar-refractivity contribution < 1.29 is 9.53 Å². The third-order valence-electron chi connectivity index (χ3n) is 4.14. The van der Waals surface area contributed by atoms with Crippen LogP contribution in [-0.2, 0) is 6.54 Å². The van der Waals surface area contributed by atoms with Gasteiger partial charge in [-0.15, -0.1) is 0 Å². The van der Waals surface area contributed by atoms with Crippen LogP contribution in [0.4, 0.5) is 0 Å². The number of benzene rings is 1. The molecule has 1 aromatic carbocycles. The van der Waals surface area contributed by atoms with E-state index < -0.39 is 0 Å². The van der Waals surface area contributed by atoms with Gasteiger partial charge in [-0.1, -0.05) is 12.1 Å². The fourth-order valence-corrected chi connectivity index (χ4v) is 2.75. The molecule has 27 heavy (non-hydrogen) atoms. The molecular weight excluding hydrogens is 342 g/mol. The normalized spacial score (nSPS) is 10.7. The lowest BCUT2D eigenvalue weighted by molar-refractivity contribution is 0.0950. The first-order valence-corrected chi connectivity index (χ1v) is 8.40. The van der Waals surface area contributed by atoms with Crippen LogP contribution in [0.2, 0.25) is 0 Å². The second-order valence-electron chi connectivity index (χ2n) is 5.89. The number of pyridine rings is 2. The summed E-state index contributed by atoms with van der Waals surface area (Å²) in [5.41, 5.74) is 3.45. The molecule has 0 unspecified atom stereocenters. The Morgan fingerprint density at radius 2 is 2.04 bits per heavy atom. The minimum absolute atomic E-state index is 0.217. The number of nitrogens with zero attached hydrogens (tertiary/aromatic N) is 4. The fourth-order valence-electron chi connectivity index (χ4n) is 2.75. The molecule has 7 nitrogen and oxygen atoms in total. The van der Waals surface area contributed by atoms with Crippen molar-refractivity contribution in [1.29, 1.82) is 0 Å². The zero-order valence-corrected chi connectivity index (χ0v) is 14.7. The van der Waals surface area contributed by atoms with Crippen LogP contribution in [0.15, 0.2) is 67.3 Å². The van der Waals surface area contributed by atoms with Crippen LogP contribution in [0.1, 0.15) is 16.1 Å². The van der Waals surface area contributed by atoms with Crippen LogP contribution < -0.4 is 10.1 Å². The highest BCUT2D eigenvalue weighted by Gasteiger charge is 2.12. The number of aromatic nitrogens is 4. The SMILES string of the molecule is COc1cccc(-n2cnc3cc(C(=O)NCc4ccccn4)cnc32)c1. The van der Waals surface area contributed by atoms with Crippen molar-refractivity contribution in [3.8, 4) is 11.4 Å². The topological polar surface area (TPSA) is 81.9 Å². The van der Waals surface area contributed by atoms with Crippen molar-refractivity contribution in [1.82, 2.24) is 24.8 Å². The zero-order chi connectivity index (χ0) is 18.6. The summed E-state index contributed by atoms with van der Waals surface area (Å²) in [6.45, 7) is 0.357. The van der Waals surface area contributed by atoms with Gasteiger partial charge in [0, 0.05) is 18.5 Å². The maximum atomic E-state index is 12.4. The van der Waals surface area contributed by atoms with Crippen molar-refractivity contribution in [2.45, 2.75) is 6.54 Å². The van der Waals surface area contributed by atoms with E-state index in [0.29, 0.717) is 23.3 Å². The summed E-state index contributed by atoms with van der Waals surface area (Å²) in [6, 6.07) is 14.9. The third kappa shape index (κ3) is 3.48. The van der Waals surface area contributed by atoms with E-state index in [-0.39, 0.29) is 5.91 Å². The number of carbonyl (C=O) groups excluding carboxylic acids is 1. The Morgan fingerprint density at radius 1 is 1.11 bits per heavy atom. The molecule has 0 aliphatic carbocycles. The Kier molecular flexibility index (Phi) is 4.49. The zero-order valence-electron chi connectivity index (χ0n) is 14.7. The summed E-state index contributed by atoms with van der Waals surface area (Å²) in [5.74, 6) is 0.533. The van der Waals surface area contributed by atoms with Gasteiger partial charge in [-0.25, -0.2) is 9.97 Å². The van der Waals surface area contributed by atoms with Gasteiger partial charge in [-0.05, 0) is 30.3 Å². The van der Waals surface area contributed by atoms with Crippen molar-refractivity contribution >= 4 is 17.1 Å². The summed E-state index contributed by atoms with van der Waals surface area (Å²) in [4.78, 5) is 25.4. The number of hydrogen-bond acceptors (Lipinski definition) is 5. The number of fused-ring (bicyclic) bond motifs is 1. The third-order valence-corrected chi connectivity index (χ3v) is 4.14. The quantitative estimate of drug-likeness (QED) is 0.592. The Labute approximate surface area is 155 Å². The van der Waals surface area contributed by atoms with Gasteiger partial charge in [0.25, 0.3) is 5.91 Å². The van der Waals surface area contributed by atoms with Crippen LogP contribution in [0.25, 0.3) is 16.9 Å². The largest absolute Gasteiger partial charge is 0.497 e. The number of methoxy groups -OCH3 is 1. The molecule has 0 saturated heterocycles. The molecule has 4 aromatic rings. The van der Waals surface area contributed by atoms with Gasteiger partial charge in [-0.3, -0.25) is 14.3 Å². The van der Waals surface area contributed by atoms with Crippen LogP contribution in [0, 0.1) is 0 Å². The summed E-state index contributed by atoms with van der Waals surface area (Å²) < 4.78 is 7.12. The summed E-state index contributed by atoms with van der Waals surface area (Å²) in [7, 11) is 1.62. The number of rotatable bonds is 5. The standard InChI is InChI=1S/C20H17N5O2/c1-27-17-7-4-6-16(10-17)25-13-24-18-9-14(11-22-19(18)25)20(26)23-12-15-5-2-3-8-21-15/h2-11,13H,12H2,1H3,(H,23,26). The minimum Gasteiger partial charge on any atom is -0.497 e. The first-order chi connectivity index (χ1) is 13.2. The van der Waals surface area contributed by atoms with Gasteiger partial charge in [0.05, 0.1) is 30.6 Å². The van der Waals surface area contributed by atoms with E-state index in [9.17, 15) is 4.79 Å². The predicted molar refractivity (Wildman–Crippen MR) is 101 cm³/mol. The van der Waals surface area contributed by atoms with Crippen molar-refractivity contribution in [3.63, 3.8) is 0 Å². The van der Waals surface area contributed by atoms with Crippen molar-refractivity contribution in [2.24, 2.45) is 0 Å². The van der Waals surface area contributed by atoms with Gasteiger partial charge < -0.3 is 10.1 Å². The molecule has 3 heterocycles. The van der Waals surface area contributed by atoms with E-state index in [4.69, 9.17) is 4.74 Å². The molecule has 4 rings (SSSR count). The van der Waals surface area contributed by atoms with E-state index in [1.807, 2.05) is 47.0 Å². The molecule has 0 aliphatic heterocycles. The Bertz CT molecular complexity index is 1090. The average molecular weight is 359 g/mol. The molecule has 7 heteroatoms. The molecule has 0 spiro atoms. The van der Waals surface area contributed by atoms with Crippen molar-refractivity contribution in [2.75, 3.05) is 7.11 Å². The van der Waals surface area contributed by atoms with Crippen LogP contribution in [-0.4, -0.2) is 32.5 Å². The van der Waals surface area contributed by atoms with Crippen LogP contribution >= 0.6 is 0 Å². The highest BCUT2D eigenvalue weighted by Crippen LogP contribution is 2.21. The second kappa shape index (κ2) is 7.25. The molecule has 1 amide bonds. The maximum Gasteiger partial charge on any atom is 0.253 e. The maximum absolute atomic E-state index is 12.4. The number of amides is 1. The van der Waals surface area contributed by atoms with Gasteiger partial charge >= 0.3 is 0 Å². The molecule has 3 aromatic heterocycles. The van der Waals surface area contributed by atoms with E-state index in [0.717, 1.165) is 17.1 Å². The lowest BCUT2D eigenvalue weighted by atomic mass is 10.2. The molecule has 1 N–H and O–H groups in total. The number of nitrogens with one attached hydrogen (secondary N) is 1. The molecule has 134 valence electrons. The smallest absolute Gasteiger partial charge is 0.253 e. The van der Waals surface area contributed by atoms with E-state index in [2.05, 4.69) is 20.3 Å². The molecule has 0 aliphatic rings. The van der Waals surface area contributed by atoms with Crippen LogP contribution in [0.5, 0.6) is 5.75 Å². The van der Waals surface area contributed by atoms with Gasteiger partial charge in [-0.2, -0.15) is 0 Å². The lowest BCUT2D eigenvalue weighted by Gasteiger charge is -2.07. The van der Waals surface area contributed by atoms with E-state index in [1.54, 1.807) is 31.9 Å². The van der Waals surface area contributed by atoms with E-state index in [1.165, 1.54) is 0 Å². The number of hydrogen-bond donors (Lipinski definition) is 1. The predicted octanol–water partition coefficient (Wildman–Crippen LogP) is 2.75. The van der Waals surface area contributed by atoms with Gasteiger partial charge in [0.15, 0.2) is 5.65 Å². The Balaban J connectivity index is 1.57. The molecule has 0 atom stereocenters. The van der Waals surface area contributed by atoms with Gasteiger partial charge in [0.1, 0.15) is 17.6 Å². The van der Waals surface area contributed by atoms with Crippen LogP contribution in [0.3, 0.4) is 0 Å². The first-order valence-electron chi connectivity index (χ1n) is 8.40. The summed E-state index contributed by atoms with van der Waals surface area (Å²) in [6.07, 6.45) is 4.93. The monoisotopic (exact) mass is 359 g/mol. The number of ether oxygens (including phenoxy) is 1. The molecule has 0 radical (unpaired) electrons. The summed E-state index contributed by atoms with van der Waals surface area (Å²) in [5, 5.41) is 2.84. The highest BCUT2D eigenvalue weighted by molar-refractivity contribution is 5.96. The number of carbonyl (C=O) groups is 1. The van der Waals surface area contributed by atoms with Gasteiger partial charge in [0.2, 0.25) is 0 Å². The molecular formula is C20H17N5O2. The minimum atomic E-state index is -0.217. The average Bonchev–Trinajstić information content (AvgIpc) is 3.16. The molecule has 0 bridgehead atoms. The Hall–Kier alpha value is -3.74. The first kappa shape index (κ1) is 16.7. The van der Waals surface area contributed by atoms with E-state index >= 15 is 0 Å². The molecule has 0 fully saturated rings.